The summed E-state index contributed by atoms with van der Waals surface area (Å²) in [6.07, 6.45) is 8.57. The number of nitrogen functional groups attached to an aromatic ring is 1. The van der Waals surface area contributed by atoms with Gasteiger partial charge in [0.2, 0.25) is 5.65 Å². The van der Waals surface area contributed by atoms with Gasteiger partial charge in [0.05, 0.1) is 19.0 Å². The lowest BCUT2D eigenvalue weighted by Gasteiger charge is -2.05. The van der Waals surface area contributed by atoms with E-state index in [1.165, 1.54) is 0 Å². The summed E-state index contributed by atoms with van der Waals surface area (Å²) >= 11 is 0. The number of aromatic nitrogens is 4. The number of hydrogen-bond donors (Lipinski definition) is 1. The van der Waals surface area contributed by atoms with Gasteiger partial charge in [-0.3, -0.25) is 9.38 Å². The molecule has 0 spiro atoms. The first-order valence-corrected chi connectivity index (χ1v) is 5.37. The third-order valence-corrected chi connectivity index (χ3v) is 2.72. The number of fused-ring (bicyclic) bond motifs is 1. The number of anilines is 1. The monoisotopic (exact) mass is 241 g/mol. The predicted octanol–water partition coefficient (Wildman–Crippen LogP) is 1.38. The molecule has 90 valence electrons. The van der Waals surface area contributed by atoms with Crippen LogP contribution in [0, 0.1) is 0 Å². The Hall–Kier alpha value is -2.63. The Labute approximate surface area is 103 Å². The maximum atomic E-state index is 5.95. The third kappa shape index (κ3) is 1.46. The molecule has 3 heterocycles. The summed E-state index contributed by atoms with van der Waals surface area (Å²) in [5, 5.41) is 0. The van der Waals surface area contributed by atoms with E-state index in [1.807, 2.05) is 10.6 Å². The second-order valence-electron chi connectivity index (χ2n) is 3.74. The zero-order chi connectivity index (χ0) is 12.5. The van der Waals surface area contributed by atoms with E-state index in [2.05, 4.69) is 15.0 Å². The van der Waals surface area contributed by atoms with Crippen LogP contribution in [0.3, 0.4) is 0 Å². The smallest absolute Gasteiger partial charge is 0.258 e. The van der Waals surface area contributed by atoms with E-state index in [-0.39, 0.29) is 0 Å². The molecule has 0 aliphatic carbocycles. The van der Waals surface area contributed by atoms with Crippen molar-refractivity contribution in [1.82, 2.24) is 19.4 Å². The minimum absolute atomic E-state index is 0.478. The highest BCUT2D eigenvalue weighted by atomic mass is 16.5. The van der Waals surface area contributed by atoms with Crippen LogP contribution in [0.25, 0.3) is 16.9 Å². The molecular formula is C12H11N5O. The molecule has 6 nitrogen and oxygen atoms in total. The number of imidazole rings is 1. The molecule has 0 radical (unpaired) electrons. The third-order valence-electron chi connectivity index (χ3n) is 2.72. The summed E-state index contributed by atoms with van der Waals surface area (Å²) in [6, 6.07) is 1.76. The van der Waals surface area contributed by atoms with Crippen LogP contribution in [0.2, 0.25) is 0 Å². The van der Waals surface area contributed by atoms with Crippen molar-refractivity contribution >= 4 is 11.3 Å². The van der Waals surface area contributed by atoms with Crippen LogP contribution in [0.5, 0.6) is 5.88 Å². The van der Waals surface area contributed by atoms with Crippen molar-refractivity contribution in [2.24, 2.45) is 0 Å². The Morgan fingerprint density at radius 3 is 2.89 bits per heavy atom. The van der Waals surface area contributed by atoms with E-state index in [4.69, 9.17) is 10.5 Å². The lowest BCUT2D eigenvalue weighted by molar-refractivity contribution is 0.400. The highest BCUT2D eigenvalue weighted by molar-refractivity contribution is 5.75. The Kier molecular flexibility index (Phi) is 2.33. The molecule has 0 aliphatic rings. The van der Waals surface area contributed by atoms with Gasteiger partial charge >= 0.3 is 0 Å². The Balaban J connectivity index is 2.29. The molecule has 3 aromatic heterocycles. The normalized spacial score (nSPS) is 10.7. The molecule has 3 rings (SSSR count). The molecule has 3 aromatic rings. The molecule has 6 heteroatoms. The zero-order valence-electron chi connectivity index (χ0n) is 9.74. The van der Waals surface area contributed by atoms with Gasteiger partial charge in [-0.15, -0.1) is 0 Å². The number of nitrogens with two attached hydrogens (primary N) is 1. The minimum Gasteiger partial charge on any atom is -0.478 e. The lowest BCUT2D eigenvalue weighted by atomic mass is 10.2. The standard InChI is InChI=1S/C12H11N5O/c1-18-12-11-16-7-10(17(11)5-4-15-12)8-6-14-3-2-9(8)13/h2-7H,1H3,(H2,13,14). The van der Waals surface area contributed by atoms with Gasteiger partial charge in [0, 0.05) is 36.0 Å². The average molecular weight is 241 g/mol. The first kappa shape index (κ1) is 10.5. The molecule has 0 saturated carbocycles. The van der Waals surface area contributed by atoms with Gasteiger partial charge in [0.15, 0.2) is 0 Å². The maximum Gasteiger partial charge on any atom is 0.258 e. The Bertz CT molecular complexity index is 707. The van der Waals surface area contributed by atoms with Crippen molar-refractivity contribution in [2.45, 2.75) is 0 Å². The fourth-order valence-electron chi connectivity index (χ4n) is 1.86. The molecule has 0 saturated heterocycles. The van der Waals surface area contributed by atoms with Gasteiger partial charge in [-0.1, -0.05) is 0 Å². The number of rotatable bonds is 2. The summed E-state index contributed by atoms with van der Waals surface area (Å²) in [5.74, 6) is 0.478. The van der Waals surface area contributed by atoms with Crippen LogP contribution in [-0.2, 0) is 0 Å². The predicted molar refractivity (Wildman–Crippen MR) is 67.2 cm³/mol. The average Bonchev–Trinajstić information content (AvgIpc) is 2.83. The van der Waals surface area contributed by atoms with Crippen LogP contribution >= 0.6 is 0 Å². The van der Waals surface area contributed by atoms with Crippen molar-refractivity contribution in [3.8, 4) is 17.1 Å². The number of pyridine rings is 1. The van der Waals surface area contributed by atoms with E-state index >= 15 is 0 Å². The second kappa shape index (κ2) is 3.99. The van der Waals surface area contributed by atoms with E-state index < -0.39 is 0 Å². The van der Waals surface area contributed by atoms with Gasteiger partial charge in [0.25, 0.3) is 5.88 Å². The van der Waals surface area contributed by atoms with E-state index in [0.717, 1.165) is 11.3 Å². The van der Waals surface area contributed by atoms with Gasteiger partial charge in [0.1, 0.15) is 0 Å². The van der Waals surface area contributed by atoms with Gasteiger partial charge in [-0.2, -0.15) is 0 Å². The summed E-state index contributed by atoms with van der Waals surface area (Å²) in [5.41, 5.74) is 8.94. The lowest BCUT2D eigenvalue weighted by Crippen LogP contribution is -1.96. The van der Waals surface area contributed by atoms with Crippen LogP contribution < -0.4 is 10.5 Å². The molecular weight excluding hydrogens is 230 g/mol. The van der Waals surface area contributed by atoms with Gasteiger partial charge in [-0.05, 0) is 6.07 Å². The van der Waals surface area contributed by atoms with Crippen LogP contribution in [0.15, 0.2) is 37.1 Å². The van der Waals surface area contributed by atoms with E-state index in [0.29, 0.717) is 17.2 Å². The number of hydrogen-bond acceptors (Lipinski definition) is 5. The number of nitrogens with zero attached hydrogens (tertiary/aromatic N) is 4. The topological polar surface area (TPSA) is 78.3 Å². The molecule has 0 unspecified atom stereocenters. The zero-order valence-corrected chi connectivity index (χ0v) is 9.74. The van der Waals surface area contributed by atoms with Crippen molar-refractivity contribution in [3.05, 3.63) is 37.1 Å². The molecule has 0 bridgehead atoms. The second-order valence-corrected chi connectivity index (χ2v) is 3.74. The Morgan fingerprint density at radius 2 is 2.11 bits per heavy atom. The van der Waals surface area contributed by atoms with Crippen molar-refractivity contribution in [2.75, 3.05) is 12.8 Å². The van der Waals surface area contributed by atoms with E-state index in [1.54, 1.807) is 38.0 Å². The van der Waals surface area contributed by atoms with Crippen LogP contribution in [0.1, 0.15) is 0 Å². The fourth-order valence-corrected chi connectivity index (χ4v) is 1.86. The first-order chi connectivity index (χ1) is 8.81. The molecule has 0 amide bonds. The highest BCUT2D eigenvalue weighted by Gasteiger charge is 2.12. The minimum atomic E-state index is 0.478. The van der Waals surface area contributed by atoms with Crippen LogP contribution in [-0.4, -0.2) is 26.5 Å². The van der Waals surface area contributed by atoms with E-state index in [9.17, 15) is 0 Å². The number of methoxy groups -OCH3 is 1. The van der Waals surface area contributed by atoms with Crippen molar-refractivity contribution in [3.63, 3.8) is 0 Å². The maximum absolute atomic E-state index is 5.95. The molecule has 18 heavy (non-hydrogen) atoms. The SMILES string of the molecule is COc1nccn2c(-c3cnccc3N)cnc12. The quantitative estimate of drug-likeness (QED) is 0.733. The van der Waals surface area contributed by atoms with Crippen molar-refractivity contribution < 1.29 is 4.74 Å². The molecule has 0 fully saturated rings. The largest absolute Gasteiger partial charge is 0.478 e. The molecule has 2 N–H and O–H groups in total. The van der Waals surface area contributed by atoms with Crippen molar-refractivity contribution in [1.29, 1.82) is 0 Å². The summed E-state index contributed by atoms with van der Waals surface area (Å²) in [4.78, 5) is 12.5. The Morgan fingerprint density at radius 1 is 1.22 bits per heavy atom. The van der Waals surface area contributed by atoms with Gasteiger partial charge in [-0.25, -0.2) is 9.97 Å². The molecule has 0 aliphatic heterocycles. The fraction of sp³-hybridized carbons (Fsp3) is 0.0833. The summed E-state index contributed by atoms with van der Waals surface area (Å²) < 4.78 is 7.04. The van der Waals surface area contributed by atoms with Crippen LogP contribution in [0.4, 0.5) is 5.69 Å². The summed E-state index contributed by atoms with van der Waals surface area (Å²) in [6.45, 7) is 0. The molecule has 0 aromatic carbocycles. The first-order valence-electron chi connectivity index (χ1n) is 5.37. The highest BCUT2D eigenvalue weighted by Crippen LogP contribution is 2.27. The van der Waals surface area contributed by atoms with Gasteiger partial charge < -0.3 is 10.5 Å². The summed E-state index contributed by atoms with van der Waals surface area (Å²) in [7, 11) is 1.56. The number of ether oxygens (including phenoxy) is 1. The molecule has 0 atom stereocenters.